The number of pyridine rings is 1. The number of anilines is 1. The van der Waals surface area contributed by atoms with E-state index in [1.165, 1.54) is 24.1 Å². The minimum absolute atomic E-state index is 0.686. The summed E-state index contributed by atoms with van der Waals surface area (Å²) in [5, 5.41) is 9.40. The van der Waals surface area contributed by atoms with Crippen LogP contribution in [0.2, 0.25) is 0 Å². The zero-order chi connectivity index (χ0) is 13.4. The molecule has 0 spiro atoms. The van der Waals surface area contributed by atoms with Gasteiger partial charge in [0.05, 0.1) is 5.56 Å². The summed E-state index contributed by atoms with van der Waals surface area (Å²) in [4.78, 5) is 7.15. The van der Waals surface area contributed by atoms with Gasteiger partial charge >= 0.3 is 0 Å². The van der Waals surface area contributed by atoms with Crippen LogP contribution in [-0.4, -0.2) is 18.1 Å². The predicted octanol–water partition coefficient (Wildman–Crippen LogP) is 2.92. The van der Waals surface area contributed by atoms with Gasteiger partial charge in [0.1, 0.15) is 11.9 Å². The van der Waals surface area contributed by atoms with Crippen molar-refractivity contribution in [3.63, 3.8) is 0 Å². The Morgan fingerprint density at radius 3 is 2.68 bits per heavy atom. The van der Waals surface area contributed by atoms with Gasteiger partial charge in [-0.25, -0.2) is 4.98 Å². The fourth-order valence-corrected chi connectivity index (χ4v) is 3.62. The molecule has 0 radical (unpaired) electrons. The number of aromatic nitrogens is 1. The van der Waals surface area contributed by atoms with Crippen LogP contribution in [0, 0.1) is 23.2 Å². The summed E-state index contributed by atoms with van der Waals surface area (Å²) in [6, 6.07) is 4.43. The lowest BCUT2D eigenvalue weighted by molar-refractivity contribution is 0.355. The molecule has 2 unspecified atom stereocenters. The highest BCUT2D eigenvalue weighted by Crippen LogP contribution is 2.30. The summed E-state index contributed by atoms with van der Waals surface area (Å²) < 4.78 is 0. The Hall–Kier alpha value is -1.56. The average Bonchev–Trinajstić information content (AvgIpc) is 2.83. The molecule has 1 aromatic rings. The van der Waals surface area contributed by atoms with E-state index in [1.807, 2.05) is 0 Å². The van der Waals surface area contributed by atoms with Crippen molar-refractivity contribution < 1.29 is 0 Å². The first-order valence-corrected chi connectivity index (χ1v) is 7.35. The van der Waals surface area contributed by atoms with Gasteiger partial charge in [0.2, 0.25) is 0 Å². The second-order valence-electron chi connectivity index (χ2n) is 6.28. The van der Waals surface area contributed by atoms with Crippen LogP contribution >= 0.6 is 0 Å². The van der Waals surface area contributed by atoms with Crippen LogP contribution < -0.4 is 4.90 Å². The summed E-state index contributed by atoms with van der Waals surface area (Å²) in [6.45, 7) is 6.65. The van der Waals surface area contributed by atoms with Crippen molar-refractivity contribution in [2.24, 2.45) is 11.8 Å². The third-order valence-electron chi connectivity index (χ3n) is 4.32. The Balaban J connectivity index is 1.97. The molecule has 0 saturated carbocycles. The van der Waals surface area contributed by atoms with Crippen molar-refractivity contribution in [3.8, 4) is 6.07 Å². The number of nitriles is 1. The van der Waals surface area contributed by atoms with E-state index in [9.17, 15) is 5.26 Å². The molecule has 1 fully saturated rings. The highest BCUT2D eigenvalue weighted by Gasteiger charge is 2.26. The van der Waals surface area contributed by atoms with E-state index in [-0.39, 0.29) is 0 Å². The topological polar surface area (TPSA) is 39.9 Å². The summed E-state index contributed by atoms with van der Waals surface area (Å²) in [7, 11) is 0. The third-order valence-corrected chi connectivity index (χ3v) is 4.32. The van der Waals surface area contributed by atoms with Crippen LogP contribution in [0.3, 0.4) is 0 Å². The number of hydrogen-bond donors (Lipinski definition) is 0. The molecule has 1 aliphatic carbocycles. The van der Waals surface area contributed by atoms with Gasteiger partial charge in [-0.1, -0.05) is 13.8 Å². The molecular weight excluding hydrogens is 234 g/mol. The van der Waals surface area contributed by atoms with Crippen molar-refractivity contribution in [1.82, 2.24) is 4.98 Å². The van der Waals surface area contributed by atoms with Crippen molar-refractivity contribution in [2.45, 2.75) is 39.5 Å². The second kappa shape index (κ2) is 4.85. The number of hydrogen-bond acceptors (Lipinski definition) is 3. The summed E-state index contributed by atoms with van der Waals surface area (Å²) in [6.07, 6.45) is 4.63. The smallest absolute Gasteiger partial charge is 0.146 e. The van der Waals surface area contributed by atoms with Gasteiger partial charge in [-0.2, -0.15) is 5.26 Å². The Bertz CT molecular complexity index is 520. The highest BCUT2D eigenvalue weighted by molar-refractivity contribution is 5.57. The minimum atomic E-state index is 0.686. The maximum absolute atomic E-state index is 9.40. The largest absolute Gasteiger partial charge is 0.355 e. The Morgan fingerprint density at radius 2 is 2.00 bits per heavy atom. The third kappa shape index (κ3) is 2.32. The van der Waals surface area contributed by atoms with Crippen LogP contribution in [0.5, 0.6) is 0 Å². The summed E-state index contributed by atoms with van der Waals surface area (Å²) >= 11 is 0. The fraction of sp³-hybridized carbons (Fsp3) is 0.625. The molecule has 0 amide bonds. The van der Waals surface area contributed by atoms with Crippen LogP contribution in [0.25, 0.3) is 0 Å². The lowest BCUT2D eigenvalue weighted by Gasteiger charge is -2.36. The van der Waals surface area contributed by atoms with Gasteiger partial charge < -0.3 is 4.90 Å². The van der Waals surface area contributed by atoms with Gasteiger partial charge in [-0.15, -0.1) is 0 Å². The molecule has 1 aliphatic heterocycles. The standard InChI is InChI=1S/C16H21N3/c1-11-6-12(2)10-19(9-11)16-14(8-17)7-13-4-3-5-15(13)18-16/h7,11-12H,3-6,9-10H2,1-2H3. The van der Waals surface area contributed by atoms with Crippen molar-refractivity contribution in [3.05, 3.63) is 22.9 Å². The van der Waals surface area contributed by atoms with Gasteiger partial charge in [0.25, 0.3) is 0 Å². The van der Waals surface area contributed by atoms with E-state index in [1.54, 1.807) is 0 Å². The molecule has 0 N–H and O–H groups in total. The van der Waals surface area contributed by atoms with Crippen LogP contribution in [0.1, 0.15) is 43.5 Å². The average molecular weight is 255 g/mol. The van der Waals surface area contributed by atoms with Gasteiger partial charge in [0, 0.05) is 18.8 Å². The molecule has 3 heteroatoms. The molecule has 100 valence electrons. The molecule has 0 aromatic carbocycles. The maximum atomic E-state index is 9.40. The van der Waals surface area contributed by atoms with E-state index in [0.29, 0.717) is 11.8 Å². The molecule has 0 bridgehead atoms. The maximum Gasteiger partial charge on any atom is 0.146 e. The van der Waals surface area contributed by atoms with Gasteiger partial charge in [-0.05, 0) is 49.1 Å². The van der Waals surface area contributed by atoms with Crippen molar-refractivity contribution in [2.75, 3.05) is 18.0 Å². The molecule has 2 heterocycles. The Kier molecular flexibility index (Phi) is 3.18. The van der Waals surface area contributed by atoms with E-state index in [0.717, 1.165) is 37.3 Å². The van der Waals surface area contributed by atoms with E-state index < -0.39 is 0 Å². The fourth-order valence-electron chi connectivity index (χ4n) is 3.62. The molecule has 1 saturated heterocycles. The van der Waals surface area contributed by atoms with E-state index >= 15 is 0 Å². The number of rotatable bonds is 1. The van der Waals surface area contributed by atoms with E-state index in [2.05, 4.69) is 30.9 Å². The summed E-state index contributed by atoms with van der Waals surface area (Å²) in [5.74, 6) is 2.30. The van der Waals surface area contributed by atoms with Crippen LogP contribution in [-0.2, 0) is 12.8 Å². The lowest BCUT2D eigenvalue weighted by atomic mass is 9.91. The number of fused-ring (bicyclic) bond motifs is 1. The number of aryl methyl sites for hydroxylation is 2. The molecule has 1 aromatic heterocycles. The quantitative estimate of drug-likeness (QED) is 0.774. The molecule has 3 nitrogen and oxygen atoms in total. The van der Waals surface area contributed by atoms with E-state index in [4.69, 9.17) is 4.98 Å². The Morgan fingerprint density at radius 1 is 1.26 bits per heavy atom. The zero-order valence-corrected chi connectivity index (χ0v) is 11.8. The SMILES string of the molecule is CC1CC(C)CN(c2nc3c(cc2C#N)CCC3)C1. The molecule has 19 heavy (non-hydrogen) atoms. The lowest BCUT2D eigenvalue weighted by Crippen LogP contribution is -2.39. The normalized spacial score (nSPS) is 26.1. The minimum Gasteiger partial charge on any atom is -0.355 e. The van der Waals surface area contributed by atoms with Crippen molar-refractivity contribution in [1.29, 1.82) is 5.26 Å². The number of piperidine rings is 1. The predicted molar refractivity (Wildman–Crippen MR) is 76.1 cm³/mol. The first-order chi connectivity index (χ1) is 9.17. The monoisotopic (exact) mass is 255 g/mol. The summed E-state index contributed by atoms with van der Waals surface area (Å²) in [5.41, 5.74) is 3.28. The highest BCUT2D eigenvalue weighted by atomic mass is 15.2. The number of nitrogens with zero attached hydrogens (tertiary/aromatic N) is 3. The first-order valence-electron chi connectivity index (χ1n) is 7.35. The molecule has 2 atom stereocenters. The molecule has 3 rings (SSSR count). The second-order valence-corrected chi connectivity index (χ2v) is 6.28. The molecular formula is C16H21N3. The molecule has 2 aliphatic rings. The van der Waals surface area contributed by atoms with Crippen molar-refractivity contribution >= 4 is 5.82 Å². The van der Waals surface area contributed by atoms with Gasteiger partial charge in [-0.3, -0.25) is 0 Å². The van der Waals surface area contributed by atoms with Gasteiger partial charge in [0.15, 0.2) is 0 Å². The Labute approximate surface area is 115 Å². The van der Waals surface area contributed by atoms with Crippen LogP contribution in [0.15, 0.2) is 6.07 Å². The van der Waals surface area contributed by atoms with Crippen LogP contribution in [0.4, 0.5) is 5.82 Å². The zero-order valence-electron chi connectivity index (χ0n) is 11.8. The first kappa shape index (κ1) is 12.5.